The van der Waals surface area contributed by atoms with E-state index in [0.29, 0.717) is 5.78 Å². The van der Waals surface area contributed by atoms with E-state index in [2.05, 4.69) is 12.2 Å². The van der Waals surface area contributed by atoms with Crippen LogP contribution < -0.4 is 0 Å². The first-order valence-electron chi connectivity index (χ1n) is 5.12. The summed E-state index contributed by atoms with van der Waals surface area (Å²) in [4.78, 5) is 12.0. The smallest absolute Gasteiger partial charge is 0.166 e. The van der Waals surface area contributed by atoms with Crippen molar-refractivity contribution >= 4 is 5.78 Å². The van der Waals surface area contributed by atoms with Crippen LogP contribution in [-0.4, -0.2) is 5.78 Å². The van der Waals surface area contributed by atoms with E-state index in [-0.39, 0.29) is 5.92 Å². The SMILES string of the molecule is O=C(c1ccccc1)C1CC=CCC1. The Morgan fingerprint density at radius 1 is 1.14 bits per heavy atom. The van der Waals surface area contributed by atoms with E-state index < -0.39 is 0 Å². The van der Waals surface area contributed by atoms with Crippen molar-refractivity contribution in [2.75, 3.05) is 0 Å². The molecule has 0 aromatic heterocycles. The number of rotatable bonds is 2. The predicted octanol–water partition coefficient (Wildman–Crippen LogP) is 3.23. The van der Waals surface area contributed by atoms with Crippen molar-refractivity contribution in [3.63, 3.8) is 0 Å². The number of Topliss-reactive ketones (excluding diaryl/α,β-unsaturated/α-hetero) is 1. The van der Waals surface area contributed by atoms with Crippen molar-refractivity contribution < 1.29 is 4.79 Å². The molecule has 1 aliphatic rings. The molecule has 1 nitrogen and oxygen atoms in total. The fourth-order valence-electron chi connectivity index (χ4n) is 1.87. The molecule has 0 bridgehead atoms. The molecular formula is C13H14O. The van der Waals surface area contributed by atoms with E-state index in [4.69, 9.17) is 0 Å². The first kappa shape index (κ1) is 9.20. The van der Waals surface area contributed by atoms with Gasteiger partial charge in [-0.3, -0.25) is 4.79 Å². The first-order valence-corrected chi connectivity index (χ1v) is 5.12. The van der Waals surface area contributed by atoms with Crippen LogP contribution in [0.1, 0.15) is 29.6 Å². The van der Waals surface area contributed by atoms with Gasteiger partial charge in [-0.25, -0.2) is 0 Å². The molecule has 72 valence electrons. The van der Waals surface area contributed by atoms with Gasteiger partial charge in [0.05, 0.1) is 0 Å². The summed E-state index contributed by atoms with van der Waals surface area (Å²) < 4.78 is 0. The third kappa shape index (κ3) is 1.92. The second-order valence-electron chi connectivity index (χ2n) is 3.71. The molecule has 1 aromatic carbocycles. The van der Waals surface area contributed by atoms with Gasteiger partial charge in [0.1, 0.15) is 0 Å². The molecular weight excluding hydrogens is 172 g/mol. The maximum atomic E-state index is 12.0. The third-order valence-corrected chi connectivity index (χ3v) is 2.70. The van der Waals surface area contributed by atoms with E-state index >= 15 is 0 Å². The summed E-state index contributed by atoms with van der Waals surface area (Å²) in [5.74, 6) is 0.511. The molecule has 0 fully saturated rings. The molecule has 0 spiro atoms. The minimum atomic E-state index is 0.211. The zero-order chi connectivity index (χ0) is 9.80. The summed E-state index contributed by atoms with van der Waals surface area (Å²) >= 11 is 0. The summed E-state index contributed by atoms with van der Waals surface area (Å²) in [7, 11) is 0. The van der Waals surface area contributed by atoms with Gasteiger partial charge >= 0.3 is 0 Å². The van der Waals surface area contributed by atoms with Crippen LogP contribution in [-0.2, 0) is 0 Å². The third-order valence-electron chi connectivity index (χ3n) is 2.70. The summed E-state index contributed by atoms with van der Waals surface area (Å²) in [5, 5.41) is 0. The average molecular weight is 186 g/mol. The standard InChI is InChI=1S/C13H14O/c14-13(11-7-3-1-4-8-11)12-9-5-2-6-10-12/h1-5,7-8,12H,6,9-10H2. The Bertz CT molecular complexity index is 338. The molecule has 1 unspecified atom stereocenters. The lowest BCUT2D eigenvalue weighted by Crippen LogP contribution is -2.15. The highest BCUT2D eigenvalue weighted by Crippen LogP contribution is 2.22. The maximum absolute atomic E-state index is 12.0. The zero-order valence-electron chi connectivity index (χ0n) is 8.15. The van der Waals surface area contributed by atoms with Crippen LogP contribution in [0.25, 0.3) is 0 Å². The predicted molar refractivity (Wildman–Crippen MR) is 57.3 cm³/mol. The van der Waals surface area contributed by atoms with Gasteiger partial charge in [0.25, 0.3) is 0 Å². The normalized spacial score (nSPS) is 20.7. The quantitative estimate of drug-likeness (QED) is 0.512. The fourth-order valence-corrected chi connectivity index (χ4v) is 1.87. The molecule has 0 amide bonds. The Kier molecular flexibility index (Phi) is 2.78. The van der Waals surface area contributed by atoms with E-state index in [0.717, 1.165) is 24.8 Å². The summed E-state index contributed by atoms with van der Waals surface area (Å²) in [6.45, 7) is 0. The topological polar surface area (TPSA) is 17.1 Å². The molecule has 1 aliphatic carbocycles. The van der Waals surface area contributed by atoms with Crippen LogP contribution in [0.15, 0.2) is 42.5 Å². The van der Waals surface area contributed by atoms with Crippen molar-refractivity contribution in [3.8, 4) is 0 Å². The molecule has 0 saturated heterocycles. The van der Waals surface area contributed by atoms with E-state index in [1.807, 2.05) is 30.3 Å². The second-order valence-corrected chi connectivity index (χ2v) is 3.71. The molecule has 1 heteroatoms. The molecule has 1 atom stereocenters. The molecule has 0 radical (unpaired) electrons. The van der Waals surface area contributed by atoms with Gasteiger partial charge in [-0.1, -0.05) is 42.5 Å². The average Bonchev–Trinajstić information content (AvgIpc) is 2.30. The van der Waals surface area contributed by atoms with Crippen molar-refractivity contribution in [1.82, 2.24) is 0 Å². The lowest BCUT2D eigenvalue weighted by atomic mass is 9.87. The Balaban J connectivity index is 2.12. The molecule has 0 aliphatic heterocycles. The highest BCUT2D eigenvalue weighted by atomic mass is 16.1. The van der Waals surface area contributed by atoms with Crippen LogP contribution in [0.3, 0.4) is 0 Å². The first-order chi connectivity index (χ1) is 6.88. The maximum Gasteiger partial charge on any atom is 0.166 e. The van der Waals surface area contributed by atoms with Gasteiger partial charge in [-0.15, -0.1) is 0 Å². The van der Waals surface area contributed by atoms with Crippen LogP contribution in [0.2, 0.25) is 0 Å². The van der Waals surface area contributed by atoms with Gasteiger partial charge < -0.3 is 0 Å². The Hall–Kier alpha value is -1.37. The van der Waals surface area contributed by atoms with Gasteiger partial charge in [-0.05, 0) is 19.3 Å². The highest BCUT2D eigenvalue weighted by Gasteiger charge is 2.19. The van der Waals surface area contributed by atoms with Crippen molar-refractivity contribution in [2.24, 2.45) is 5.92 Å². The number of hydrogen-bond acceptors (Lipinski definition) is 1. The minimum Gasteiger partial charge on any atom is -0.294 e. The van der Waals surface area contributed by atoms with Crippen molar-refractivity contribution in [3.05, 3.63) is 48.0 Å². The van der Waals surface area contributed by atoms with E-state index in [1.54, 1.807) is 0 Å². The Morgan fingerprint density at radius 3 is 2.57 bits per heavy atom. The molecule has 1 aromatic rings. The molecule has 14 heavy (non-hydrogen) atoms. The van der Waals surface area contributed by atoms with Gasteiger partial charge in [0.15, 0.2) is 5.78 Å². The number of carbonyl (C=O) groups is 1. The highest BCUT2D eigenvalue weighted by molar-refractivity contribution is 5.97. The molecule has 2 rings (SSSR count). The Morgan fingerprint density at radius 2 is 1.93 bits per heavy atom. The Labute approximate surface area is 84.5 Å². The van der Waals surface area contributed by atoms with Crippen LogP contribution in [0.4, 0.5) is 0 Å². The second kappa shape index (κ2) is 4.23. The number of benzene rings is 1. The van der Waals surface area contributed by atoms with E-state index in [1.165, 1.54) is 0 Å². The van der Waals surface area contributed by atoms with Crippen molar-refractivity contribution in [1.29, 1.82) is 0 Å². The largest absolute Gasteiger partial charge is 0.294 e. The van der Waals surface area contributed by atoms with Gasteiger partial charge in [0, 0.05) is 11.5 Å². The fraction of sp³-hybridized carbons (Fsp3) is 0.308. The number of carbonyl (C=O) groups excluding carboxylic acids is 1. The van der Waals surface area contributed by atoms with Crippen LogP contribution >= 0.6 is 0 Å². The molecule has 0 heterocycles. The monoisotopic (exact) mass is 186 g/mol. The summed E-state index contributed by atoms with van der Waals surface area (Å²) in [5.41, 5.74) is 0.854. The zero-order valence-corrected chi connectivity index (χ0v) is 8.15. The van der Waals surface area contributed by atoms with Crippen LogP contribution in [0, 0.1) is 5.92 Å². The van der Waals surface area contributed by atoms with Gasteiger partial charge in [-0.2, -0.15) is 0 Å². The minimum absolute atomic E-state index is 0.211. The van der Waals surface area contributed by atoms with E-state index in [9.17, 15) is 4.79 Å². The number of ketones is 1. The summed E-state index contributed by atoms with van der Waals surface area (Å²) in [6, 6.07) is 9.59. The van der Waals surface area contributed by atoms with Crippen molar-refractivity contribution in [2.45, 2.75) is 19.3 Å². The van der Waals surface area contributed by atoms with Gasteiger partial charge in [0.2, 0.25) is 0 Å². The molecule has 0 saturated carbocycles. The lowest BCUT2D eigenvalue weighted by molar-refractivity contribution is 0.0912. The number of hydrogen-bond donors (Lipinski definition) is 0. The lowest BCUT2D eigenvalue weighted by Gasteiger charge is -2.16. The van der Waals surface area contributed by atoms with Crippen LogP contribution in [0.5, 0.6) is 0 Å². The molecule has 0 N–H and O–H groups in total. The summed E-state index contributed by atoms with van der Waals surface area (Å²) in [6.07, 6.45) is 7.24. The number of allylic oxidation sites excluding steroid dienone is 2.